The summed E-state index contributed by atoms with van der Waals surface area (Å²) >= 11 is 6.48. The van der Waals surface area contributed by atoms with E-state index in [-0.39, 0.29) is 41.0 Å². The molecule has 0 saturated carbocycles. The smallest absolute Gasteiger partial charge is 0.240 e. The minimum absolute atomic E-state index is 0.0536. The summed E-state index contributed by atoms with van der Waals surface area (Å²) in [5.74, 6) is -0.0147. The Morgan fingerprint density at radius 2 is 1.63 bits per heavy atom. The number of hydrogen-bond donors (Lipinski definition) is 2. The number of fused-ring (bicyclic) bond motifs is 2. The molecule has 2 aromatic rings. The molecule has 3 aliphatic rings. The zero-order chi connectivity index (χ0) is 33.0. The van der Waals surface area contributed by atoms with Crippen LogP contribution in [0.5, 0.6) is 0 Å². The first kappa shape index (κ1) is 34.3. The molecule has 3 aliphatic heterocycles. The van der Waals surface area contributed by atoms with Crippen molar-refractivity contribution in [3.63, 3.8) is 0 Å². The lowest BCUT2D eigenvalue weighted by atomic mass is 9.94. The normalized spacial score (nSPS) is 22.1. The molecule has 5 rings (SSSR count). The van der Waals surface area contributed by atoms with Crippen molar-refractivity contribution in [2.24, 2.45) is 5.92 Å². The minimum Gasteiger partial charge on any atom is -0.353 e. The van der Waals surface area contributed by atoms with Gasteiger partial charge < -0.3 is 15.1 Å². The summed E-state index contributed by atoms with van der Waals surface area (Å²) in [5, 5.41) is 3.87. The standard InChI is InChI=1S/C34H46ClN5O5S/c1-23-5-8-30(22-32(23)35)40(34(43)26-13-17-38(18-14-26)24(2)41)16-4-15-39-28-9-10-29(39)21-27(20-28)37-33(42)19-25-6-11-31(12-7-25)46(44,45)36-3/h5-8,11-12,22,26-29,36H,4,9-10,13-21H2,1-3H3,(H,37,42). The Morgan fingerprint density at radius 3 is 2.22 bits per heavy atom. The van der Waals surface area contributed by atoms with Crippen LogP contribution in [-0.4, -0.2) is 87.3 Å². The van der Waals surface area contributed by atoms with Gasteiger partial charge in [0.25, 0.3) is 0 Å². The average molecular weight is 672 g/mol. The molecule has 0 aliphatic carbocycles. The van der Waals surface area contributed by atoms with Crippen LogP contribution in [0.1, 0.15) is 63.0 Å². The van der Waals surface area contributed by atoms with Gasteiger partial charge in [0, 0.05) is 67.9 Å². The Balaban J connectivity index is 1.15. The van der Waals surface area contributed by atoms with E-state index in [9.17, 15) is 22.8 Å². The highest BCUT2D eigenvalue weighted by atomic mass is 35.5. The van der Waals surface area contributed by atoms with Gasteiger partial charge in [0.05, 0.1) is 11.3 Å². The van der Waals surface area contributed by atoms with E-state index in [1.54, 1.807) is 19.1 Å². The molecule has 46 heavy (non-hydrogen) atoms. The fourth-order valence-corrected chi connectivity index (χ4v) is 8.22. The number of likely N-dealkylation sites (tertiary alicyclic amines) is 1. The first-order valence-corrected chi connectivity index (χ1v) is 18.2. The number of benzene rings is 2. The van der Waals surface area contributed by atoms with Crippen molar-refractivity contribution in [3.05, 3.63) is 58.6 Å². The van der Waals surface area contributed by atoms with E-state index in [4.69, 9.17) is 11.6 Å². The molecular formula is C34H46ClN5O5S. The maximum atomic E-state index is 13.8. The van der Waals surface area contributed by atoms with Crippen molar-refractivity contribution in [1.82, 2.24) is 19.8 Å². The van der Waals surface area contributed by atoms with Crippen LogP contribution < -0.4 is 14.9 Å². The highest BCUT2D eigenvalue weighted by molar-refractivity contribution is 7.89. The van der Waals surface area contributed by atoms with Gasteiger partial charge in [-0.15, -0.1) is 0 Å². The number of hydrogen-bond acceptors (Lipinski definition) is 6. The van der Waals surface area contributed by atoms with Gasteiger partial charge in [-0.3, -0.25) is 19.3 Å². The Hall–Kier alpha value is -2.99. The lowest BCUT2D eigenvalue weighted by Crippen LogP contribution is -2.51. The van der Waals surface area contributed by atoms with Gasteiger partial charge in [-0.1, -0.05) is 29.8 Å². The number of anilines is 1. The van der Waals surface area contributed by atoms with Crippen LogP contribution in [0.25, 0.3) is 0 Å². The summed E-state index contributed by atoms with van der Waals surface area (Å²) in [5.41, 5.74) is 2.56. The molecule has 250 valence electrons. The molecule has 2 bridgehead atoms. The molecule has 2 unspecified atom stereocenters. The molecule has 3 saturated heterocycles. The monoisotopic (exact) mass is 671 g/mol. The predicted octanol–water partition coefficient (Wildman–Crippen LogP) is 3.89. The van der Waals surface area contributed by atoms with Crippen LogP contribution in [0.2, 0.25) is 5.02 Å². The molecular weight excluding hydrogens is 626 g/mol. The van der Waals surface area contributed by atoms with Crippen LogP contribution in [0.15, 0.2) is 47.4 Å². The van der Waals surface area contributed by atoms with Crippen LogP contribution in [0.3, 0.4) is 0 Å². The van der Waals surface area contributed by atoms with Crippen molar-refractivity contribution in [1.29, 1.82) is 0 Å². The van der Waals surface area contributed by atoms with Gasteiger partial charge in [-0.05, 0) is 94.3 Å². The fourth-order valence-electron chi connectivity index (χ4n) is 7.31. The minimum atomic E-state index is -3.51. The number of piperidine rings is 2. The van der Waals surface area contributed by atoms with E-state index >= 15 is 0 Å². The summed E-state index contributed by atoms with van der Waals surface area (Å²) in [6.45, 7) is 6.22. The van der Waals surface area contributed by atoms with Gasteiger partial charge in [-0.2, -0.15) is 0 Å². The van der Waals surface area contributed by atoms with Crippen molar-refractivity contribution < 1.29 is 22.8 Å². The molecule has 0 spiro atoms. The van der Waals surface area contributed by atoms with E-state index in [0.717, 1.165) is 55.5 Å². The molecule has 3 amide bonds. The summed E-state index contributed by atoms with van der Waals surface area (Å²) in [6, 6.07) is 13.1. The van der Waals surface area contributed by atoms with Gasteiger partial charge in [0.1, 0.15) is 0 Å². The van der Waals surface area contributed by atoms with Crippen LogP contribution in [0, 0.1) is 12.8 Å². The number of sulfonamides is 1. The SMILES string of the molecule is CNS(=O)(=O)c1ccc(CC(=O)NC2CC3CCC(C2)N3CCCN(C(=O)C2CCN(C(C)=O)CC2)c2ccc(C)c(Cl)c2)cc1. The summed E-state index contributed by atoms with van der Waals surface area (Å²) in [4.78, 5) is 45.0. The molecule has 3 fully saturated rings. The van der Waals surface area contributed by atoms with Gasteiger partial charge in [-0.25, -0.2) is 13.1 Å². The van der Waals surface area contributed by atoms with Crippen LogP contribution in [-0.2, 0) is 30.8 Å². The molecule has 3 heterocycles. The molecule has 12 heteroatoms. The second kappa shape index (κ2) is 14.8. The zero-order valence-corrected chi connectivity index (χ0v) is 28.6. The van der Waals surface area contributed by atoms with Gasteiger partial charge >= 0.3 is 0 Å². The van der Waals surface area contributed by atoms with Gasteiger partial charge in [0.15, 0.2) is 0 Å². The average Bonchev–Trinajstić information content (AvgIpc) is 3.27. The number of nitrogens with zero attached hydrogens (tertiary/aromatic N) is 3. The zero-order valence-electron chi connectivity index (χ0n) is 27.0. The molecule has 2 aromatic carbocycles. The van der Waals surface area contributed by atoms with Crippen molar-refractivity contribution in [2.45, 2.75) is 88.2 Å². The van der Waals surface area contributed by atoms with Crippen molar-refractivity contribution in [2.75, 3.05) is 38.1 Å². The second-order valence-electron chi connectivity index (χ2n) is 12.9. The van der Waals surface area contributed by atoms with E-state index in [2.05, 4.69) is 14.9 Å². The predicted molar refractivity (Wildman–Crippen MR) is 179 cm³/mol. The third kappa shape index (κ3) is 8.10. The Labute approximate surface area is 277 Å². The quantitative estimate of drug-likeness (QED) is 0.374. The molecule has 10 nitrogen and oxygen atoms in total. The van der Waals surface area contributed by atoms with E-state index in [1.807, 2.05) is 34.9 Å². The lowest BCUT2D eigenvalue weighted by Gasteiger charge is -2.40. The number of amides is 3. The Morgan fingerprint density at radius 1 is 0.978 bits per heavy atom. The number of carbonyl (C=O) groups is 3. The number of halogens is 1. The lowest BCUT2D eigenvalue weighted by molar-refractivity contribution is -0.133. The summed E-state index contributed by atoms with van der Waals surface area (Å²) in [6.07, 6.45) is 6.36. The van der Waals surface area contributed by atoms with Crippen LogP contribution in [0.4, 0.5) is 5.69 Å². The highest BCUT2D eigenvalue weighted by Crippen LogP contribution is 2.36. The van der Waals surface area contributed by atoms with Crippen molar-refractivity contribution in [3.8, 4) is 0 Å². The second-order valence-corrected chi connectivity index (χ2v) is 15.2. The highest BCUT2D eigenvalue weighted by Gasteiger charge is 2.41. The first-order chi connectivity index (χ1) is 21.9. The summed E-state index contributed by atoms with van der Waals surface area (Å²) < 4.78 is 26.2. The topological polar surface area (TPSA) is 119 Å². The van der Waals surface area contributed by atoms with E-state index < -0.39 is 10.0 Å². The van der Waals surface area contributed by atoms with Gasteiger partial charge in [0.2, 0.25) is 27.7 Å². The maximum absolute atomic E-state index is 13.8. The van der Waals surface area contributed by atoms with Crippen LogP contribution >= 0.6 is 11.6 Å². The largest absolute Gasteiger partial charge is 0.353 e. The Bertz CT molecular complexity index is 1510. The molecule has 0 radical (unpaired) electrons. The fraction of sp³-hybridized carbons (Fsp3) is 0.559. The number of nitrogens with one attached hydrogen (secondary N) is 2. The first-order valence-electron chi connectivity index (χ1n) is 16.4. The van der Waals surface area contributed by atoms with Crippen molar-refractivity contribution >= 4 is 45.0 Å². The van der Waals surface area contributed by atoms with E-state index in [0.29, 0.717) is 49.6 Å². The Kier molecular flexibility index (Phi) is 11.1. The number of rotatable bonds is 11. The molecule has 2 N–H and O–H groups in total. The molecule has 2 atom stereocenters. The number of aryl methyl sites for hydroxylation is 1. The maximum Gasteiger partial charge on any atom is 0.240 e. The third-order valence-corrected chi connectivity index (χ3v) is 11.8. The molecule has 0 aromatic heterocycles. The summed E-state index contributed by atoms with van der Waals surface area (Å²) in [7, 11) is -2.14. The third-order valence-electron chi connectivity index (χ3n) is 9.94. The van der Waals surface area contributed by atoms with E-state index in [1.165, 1.54) is 19.2 Å². The number of carbonyl (C=O) groups excluding carboxylic acids is 3.